The molecule has 6 heteroatoms. The van der Waals surface area contributed by atoms with Crippen molar-refractivity contribution >= 4 is 18.6 Å². The molecule has 0 aliphatic carbocycles. The molecule has 1 atom stereocenters. The second-order valence-electron chi connectivity index (χ2n) is 4.42. The molecule has 0 aliphatic rings. The summed E-state index contributed by atoms with van der Waals surface area (Å²) in [6.07, 6.45) is 0. The zero-order valence-corrected chi connectivity index (χ0v) is 13.6. The standard InChI is InChI=1S/C16H17O5P/c1-19-11-7-9-12(10-8-11)22(18)16(17)15-13(20-2)5-4-6-14(15)21-3/h4-10,22H,1-3H3. The van der Waals surface area contributed by atoms with E-state index in [0.29, 0.717) is 22.6 Å². The third-order valence-electron chi connectivity index (χ3n) is 3.21. The van der Waals surface area contributed by atoms with Gasteiger partial charge in [-0.1, -0.05) is 6.07 Å². The van der Waals surface area contributed by atoms with Gasteiger partial charge in [-0.05, 0) is 36.4 Å². The Kier molecular flexibility index (Phi) is 5.23. The molecule has 0 saturated carbocycles. The molecule has 5 nitrogen and oxygen atoms in total. The lowest BCUT2D eigenvalue weighted by Crippen LogP contribution is -2.07. The number of carbonyl (C=O) groups excluding carboxylic acids is 1. The lowest BCUT2D eigenvalue weighted by atomic mass is 10.2. The van der Waals surface area contributed by atoms with E-state index in [-0.39, 0.29) is 5.56 Å². The van der Waals surface area contributed by atoms with E-state index in [0.717, 1.165) is 0 Å². The highest BCUT2D eigenvalue weighted by Crippen LogP contribution is 2.37. The molecule has 0 amide bonds. The maximum absolute atomic E-state index is 12.6. The molecule has 0 aliphatic heterocycles. The molecule has 0 N–H and O–H groups in total. The third-order valence-corrected chi connectivity index (χ3v) is 4.73. The topological polar surface area (TPSA) is 61.8 Å². The zero-order valence-electron chi connectivity index (χ0n) is 12.6. The summed E-state index contributed by atoms with van der Waals surface area (Å²) in [6.45, 7) is 0. The van der Waals surface area contributed by atoms with Crippen LogP contribution in [-0.2, 0) is 4.57 Å². The zero-order chi connectivity index (χ0) is 16.1. The number of rotatable bonds is 6. The first-order valence-electron chi connectivity index (χ1n) is 6.56. The number of hydrogen-bond acceptors (Lipinski definition) is 5. The minimum absolute atomic E-state index is 0.201. The van der Waals surface area contributed by atoms with Gasteiger partial charge >= 0.3 is 0 Å². The fourth-order valence-electron chi connectivity index (χ4n) is 2.06. The molecule has 116 valence electrons. The molecule has 0 heterocycles. The van der Waals surface area contributed by atoms with Crippen molar-refractivity contribution in [1.82, 2.24) is 0 Å². The van der Waals surface area contributed by atoms with Gasteiger partial charge in [0.15, 0.2) is 7.80 Å². The summed E-state index contributed by atoms with van der Waals surface area (Å²) < 4.78 is 28.0. The minimum Gasteiger partial charge on any atom is -0.497 e. The van der Waals surface area contributed by atoms with E-state index in [1.165, 1.54) is 14.2 Å². The predicted molar refractivity (Wildman–Crippen MR) is 85.5 cm³/mol. The van der Waals surface area contributed by atoms with Crippen molar-refractivity contribution in [2.45, 2.75) is 0 Å². The van der Waals surface area contributed by atoms with Crippen LogP contribution in [0.25, 0.3) is 0 Å². The number of methoxy groups -OCH3 is 3. The first kappa shape index (κ1) is 16.1. The van der Waals surface area contributed by atoms with Crippen LogP contribution in [0.4, 0.5) is 0 Å². The summed E-state index contributed by atoms with van der Waals surface area (Å²) in [6, 6.07) is 11.6. The highest BCUT2D eigenvalue weighted by molar-refractivity contribution is 7.71. The van der Waals surface area contributed by atoms with E-state index >= 15 is 0 Å². The predicted octanol–water partition coefficient (Wildman–Crippen LogP) is 2.74. The molecule has 0 aromatic heterocycles. The molecule has 0 spiro atoms. The molecular formula is C16H17O5P. The van der Waals surface area contributed by atoms with Crippen LogP contribution < -0.4 is 19.5 Å². The highest BCUT2D eigenvalue weighted by atomic mass is 31.1. The van der Waals surface area contributed by atoms with Crippen LogP contribution in [0, 0.1) is 0 Å². The van der Waals surface area contributed by atoms with Gasteiger partial charge in [0.25, 0.3) is 0 Å². The average Bonchev–Trinajstić information content (AvgIpc) is 2.59. The highest BCUT2D eigenvalue weighted by Gasteiger charge is 2.24. The van der Waals surface area contributed by atoms with Crippen molar-refractivity contribution in [1.29, 1.82) is 0 Å². The van der Waals surface area contributed by atoms with Crippen molar-refractivity contribution in [3.8, 4) is 17.2 Å². The largest absolute Gasteiger partial charge is 0.497 e. The molecule has 0 saturated heterocycles. The van der Waals surface area contributed by atoms with Crippen LogP contribution in [0.2, 0.25) is 0 Å². The van der Waals surface area contributed by atoms with Gasteiger partial charge in [0, 0.05) is 5.30 Å². The maximum Gasteiger partial charge on any atom is 0.230 e. The van der Waals surface area contributed by atoms with Crippen molar-refractivity contribution in [3.05, 3.63) is 48.0 Å². The summed E-state index contributed by atoms with van der Waals surface area (Å²) in [5.74, 6) is 1.33. The average molecular weight is 320 g/mol. The van der Waals surface area contributed by atoms with Gasteiger partial charge in [-0.2, -0.15) is 0 Å². The number of hydrogen-bond donors (Lipinski definition) is 0. The van der Waals surface area contributed by atoms with Gasteiger partial charge in [0.2, 0.25) is 5.52 Å². The SMILES string of the molecule is COc1ccc([PH](=O)C(=O)c2c(OC)cccc2OC)cc1. The van der Waals surface area contributed by atoms with Crippen LogP contribution in [-0.4, -0.2) is 26.9 Å². The Labute approximate surface area is 129 Å². The first-order chi connectivity index (χ1) is 10.6. The van der Waals surface area contributed by atoms with Crippen molar-refractivity contribution in [2.24, 2.45) is 0 Å². The Bertz CT molecular complexity index is 672. The fourth-order valence-corrected chi connectivity index (χ4v) is 3.27. The van der Waals surface area contributed by atoms with Crippen LogP contribution >= 0.6 is 7.80 Å². The van der Waals surface area contributed by atoms with E-state index in [9.17, 15) is 9.36 Å². The smallest absolute Gasteiger partial charge is 0.230 e. The third kappa shape index (κ3) is 3.15. The van der Waals surface area contributed by atoms with Crippen LogP contribution in [0.15, 0.2) is 42.5 Å². The molecule has 0 fully saturated rings. The van der Waals surface area contributed by atoms with E-state index in [2.05, 4.69) is 0 Å². The molecule has 2 aromatic carbocycles. The van der Waals surface area contributed by atoms with Gasteiger partial charge in [0.1, 0.15) is 22.8 Å². The first-order valence-corrected chi connectivity index (χ1v) is 7.97. The molecule has 0 radical (unpaired) electrons. The second kappa shape index (κ2) is 7.14. The van der Waals surface area contributed by atoms with Crippen LogP contribution in [0.3, 0.4) is 0 Å². The Balaban J connectivity index is 2.40. The molecule has 1 unspecified atom stereocenters. The number of carbonyl (C=O) groups is 1. The lowest BCUT2D eigenvalue weighted by Gasteiger charge is -2.12. The van der Waals surface area contributed by atoms with Gasteiger partial charge < -0.3 is 18.8 Å². The summed E-state index contributed by atoms with van der Waals surface area (Å²) in [4.78, 5) is 12.6. The molecule has 2 aromatic rings. The van der Waals surface area contributed by atoms with Crippen LogP contribution in [0.5, 0.6) is 17.2 Å². The summed E-state index contributed by atoms with van der Waals surface area (Å²) in [7, 11) is 1.76. The second-order valence-corrected chi connectivity index (χ2v) is 6.11. The monoisotopic (exact) mass is 320 g/mol. The summed E-state index contributed by atoms with van der Waals surface area (Å²) >= 11 is 0. The maximum atomic E-state index is 12.6. The number of benzene rings is 2. The van der Waals surface area contributed by atoms with Gasteiger partial charge in [-0.3, -0.25) is 4.79 Å². The van der Waals surface area contributed by atoms with E-state index in [4.69, 9.17) is 14.2 Å². The normalized spacial score (nSPS) is 11.6. The molecule has 22 heavy (non-hydrogen) atoms. The summed E-state index contributed by atoms with van der Waals surface area (Å²) in [5.41, 5.74) is -0.295. The fraction of sp³-hybridized carbons (Fsp3) is 0.188. The van der Waals surface area contributed by atoms with E-state index < -0.39 is 13.3 Å². The Hall–Kier alpha value is -2.26. The van der Waals surface area contributed by atoms with Gasteiger partial charge in [-0.15, -0.1) is 0 Å². The van der Waals surface area contributed by atoms with Crippen molar-refractivity contribution in [3.63, 3.8) is 0 Å². The minimum atomic E-state index is -2.69. The summed E-state index contributed by atoms with van der Waals surface area (Å²) in [5, 5.41) is 0.462. The molecule has 2 rings (SSSR count). The quantitative estimate of drug-likeness (QED) is 0.766. The Morgan fingerprint density at radius 2 is 1.41 bits per heavy atom. The molecular weight excluding hydrogens is 303 g/mol. The number of ether oxygens (including phenoxy) is 3. The van der Waals surface area contributed by atoms with Crippen LogP contribution in [0.1, 0.15) is 10.4 Å². The Morgan fingerprint density at radius 3 is 1.86 bits per heavy atom. The van der Waals surface area contributed by atoms with Gasteiger partial charge in [-0.25, -0.2) is 0 Å². The van der Waals surface area contributed by atoms with Gasteiger partial charge in [0.05, 0.1) is 21.3 Å². The van der Waals surface area contributed by atoms with Crippen molar-refractivity contribution < 1.29 is 23.6 Å². The molecule has 0 bridgehead atoms. The van der Waals surface area contributed by atoms with E-state index in [1.54, 1.807) is 49.6 Å². The van der Waals surface area contributed by atoms with Crippen molar-refractivity contribution in [2.75, 3.05) is 21.3 Å². The lowest BCUT2D eigenvalue weighted by molar-refractivity contribution is 0.107. The van der Waals surface area contributed by atoms with E-state index in [1.807, 2.05) is 0 Å². The Morgan fingerprint density at radius 1 is 0.864 bits per heavy atom.